The van der Waals surface area contributed by atoms with E-state index in [9.17, 15) is 32.8 Å². The number of benzene rings is 2. The minimum absolute atomic E-state index is 0.272. The number of aryl methyl sites for hydroxylation is 6. The second-order valence-electron chi connectivity index (χ2n) is 39.5. The third-order valence-corrected chi connectivity index (χ3v) is 29.1. The van der Waals surface area contributed by atoms with E-state index in [0.717, 1.165) is 204 Å². The molecule has 1 fully saturated rings. The fourth-order valence-electron chi connectivity index (χ4n) is 16.5. The number of ether oxygens (including phenoxy) is 3. The maximum atomic E-state index is 13.3. The van der Waals surface area contributed by atoms with Crippen LogP contribution in [0.2, 0.25) is 0 Å². The number of primary amides is 2. The highest BCUT2D eigenvalue weighted by atomic mass is 127. The average Bonchev–Trinajstić information content (AvgIpc) is 1.62. The lowest BCUT2D eigenvalue weighted by atomic mass is 9.79. The van der Waals surface area contributed by atoms with Crippen LogP contribution in [0, 0.1) is 15.2 Å². The number of carbonyl (C=O) groups excluding carboxylic acids is 5. The topological polar surface area (TPSA) is 394 Å². The molecule has 0 spiro atoms. The number of hydrogen-bond donors (Lipinski definition) is 5. The average molecular weight is 2460 g/mol. The zero-order valence-corrected chi connectivity index (χ0v) is 95.0. The van der Waals surface area contributed by atoms with Crippen molar-refractivity contribution in [1.82, 2.24) is 54.8 Å². The van der Waals surface area contributed by atoms with E-state index in [1.807, 2.05) is 163 Å². The van der Waals surface area contributed by atoms with Crippen molar-refractivity contribution in [3.63, 3.8) is 0 Å². The van der Waals surface area contributed by atoms with Gasteiger partial charge in [0.05, 0.1) is 11.2 Å². The first-order chi connectivity index (χ1) is 70.8. The van der Waals surface area contributed by atoms with E-state index >= 15 is 0 Å². The van der Waals surface area contributed by atoms with E-state index in [2.05, 4.69) is 181 Å². The quantitative estimate of drug-likeness (QED) is 0.0562. The minimum atomic E-state index is -1.51. The summed E-state index contributed by atoms with van der Waals surface area (Å²) in [5.74, 6) is 3.76. The number of urea groups is 2. The van der Waals surface area contributed by atoms with Crippen molar-refractivity contribution in [3.05, 3.63) is 285 Å². The van der Waals surface area contributed by atoms with Gasteiger partial charge in [0.1, 0.15) is 63.3 Å². The van der Waals surface area contributed by atoms with Crippen LogP contribution in [0.5, 0.6) is 0 Å². The van der Waals surface area contributed by atoms with Gasteiger partial charge in [0.2, 0.25) is 0 Å². The number of hydrogen-bond acceptors (Lipinski definition) is 24. The van der Waals surface area contributed by atoms with Gasteiger partial charge in [-0.3, -0.25) is 49.4 Å². The molecule has 7 aliphatic rings. The van der Waals surface area contributed by atoms with E-state index < -0.39 is 54.3 Å². The first kappa shape index (κ1) is 114. The molecule has 149 heavy (non-hydrogen) atoms. The van der Waals surface area contributed by atoms with Gasteiger partial charge in [0.25, 0.3) is 0 Å². The molecule has 11 aromatic heterocycles. The molecule has 0 aliphatic carbocycles. The molecule has 2 aromatic carbocycles. The molecule has 7 amide bonds. The molecule has 7 aliphatic heterocycles. The lowest BCUT2D eigenvalue weighted by molar-refractivity contribution is 0.00578. The van der Waals surface area contributed by atoms with Gasteiger partial charge in [-0.15, -0.1) is 0 Å². The minimum Gasteiger partial charge on any atom is -0.443 e. The number of amides is 7. The van der Waals surface area contributed by atoms with Crippen LogP contribution in [0.4, 0.5) is 67.7 Å². The Balaban J connectivity index is 0.000000145. The number of halogens is 8. The number of nitrogens with two attached hydrogens (primary N) is 2. The predicted molar refractivity (Wildman–Crippen MR) is 604 cm³/mol. The van der Waals surface area contributed by atoms with Gasteiger partial charge in [-0.1, -0.05) is 78.1 Å². The van der Waals surface area contributed by atoms with Crippen molar-refractivity contribution >= 4 is 193 Å². The van der Waals surface area contributed by atoms with E-state index in [4.69, 9.17) is 45.0 Å². The molecule has 0 saturated carbocycles. The van der Waals surface area contributed by atoms with Crippen LogP contribution in [0.25, 0.3) is 55.6 Å². The normalized spacial score (nSPS) is 14.8. The SMILES string of the molecule is Brc1ccncc1-c1cnc2c(c1)CCCN2.Brc1ccncc1I.CC(C)(C)OC(=O)N1CCCc2cc(-c3cnccc3Br)cnc21.CC(C)(C)OC(=O)N1CCCc2cc(B3OC(C)(C)C(C)(C)O3)cnc21.CC(C)(C)OC(=O)N1CCCc2cc(Br)cnc21.NC(=O)N1CCCc2cc(-c3cnccc3-c3ccc(F)cc3)cnc21.NC(=O)N1CCCc2cc(-c3cnccc3Br)cnc21.OB(O)c1ccc(F)cc1. The second-order valence-corrected chi connectivity index (χ2v) is 45.0. The molecular formula is C108H117B2Br5F2IN19O12. The van der Waals surface area contributed by atoms with Crippen LogP contribution in [-0.2, 0) is 62.0 Å². The van der Waals surface area contributed by atoms with Crippen LogP contribution in [0.15, 0.2) is 237 Å². The van der Waals surface area contributed by atoms with E-state index in [0.29, 0.717) is 61.5 Å². The zero-order chi connectivity index (χ0) is 107. The number of nitrogens with zero attached hydrogens (tertiary/aromatic N) is 16. The summed E-state index contributed by atoms with van der Waals surface area (Å²) in [6, 6.07) is 32.4. The predicted octanol–water partition coefficient (Wildman–Crippen LogP) is 22.9. The summed E-state index contributed by atoms with van der Waals surface area (Å²) < 4.78 is 60.3. The van der Waals surface area contributed by atoms with Crippen LogP contribution in [-0.4, -0.2) is 177 Å². The lowest BCUT2D eigenvalue weighted by Gasteiger charge is -2.32. The molecule has 20 rings (SSSR count). The molecule has 13 aromatic rings. The van der Waals surface area contributed by atoms with Crippen LogP contribution < -0.4 is 52.2 Å². The number of anilines is 6. The van der Waals surface area contributed by atoms with Crippen molar-refractivity contribution in [2.45, 2.75) is 195 Å². The van der Waals surface area contributed by atoms with E-state index in [1.165, 1.54) is 58.2 Å². The molecule has 7 N–H and O–H groups in total. The Morgan fingerprint density at radius 2 is 0.725 bits per heavy atom. The highest BCUT2D eigenvalue weighted by molar-refractivity contribution is 14.1. The van der Waals surface area contributed by atoms with Crippen molar-refractivity contribution in [3.8, 4) is 55.6 Å². The van der Waals surface area contributed by atoms with Crippen molar-refractivity contribution in [2.75, 3.05) is 69.1 Å². The smallest absolute Gasteiger partial charge is 0.443 e. The molecule has 778 valence electrons. The Bertz CT molecular complexity index is 6890. The monoisotopic (exact) mass is 2450 g/mol. The number of carbonyl (C=O) groups is 5. The number of nitrogens with one attached hydrogen (secondary N) is 1. The molecule has 31 nitrogen and oxygen atoms in total. The molecule has 1 saturated heterocycles. The molecular weight excluding hydrogens is 2340 g/mol. The number of rotatable bonds is 7. The lowest BCUT2D eigenvalue weighted by Crippen LogP contribution is -2.42. The molecule has 18 heterocycles. The van der Waals surface area contributed by atoms with Gasteiger partial charge in [0.15, 0.2) is 0 Å². The number of fused-ring (bicyclic) bond motifs is 6. The zero-order valence-electron chi connectivity index (χ0n) is 84.9. The van der Waals surface area contributed by atoms with Crippen LogP contribution >= 0.6 is 102 Å². The van der Waals surface area contributed by atoms with Gasteiger partial charge < -0.3 is 50.4 Å². The number of aromatic nitrogens is 11. The van der Waals surface area contributed by atoms with Gasteiger partial charge in [-0.05, 0) is 356 Å². The highest BCUT2D eigenvalue weighted by Crippen LogP contribution is 2.42. The number of pyridine rings is 11. The van der Waals surface area contributed by atoms with E-state index in [-0.39, 0.29) is 29.9 Å². The Labute approximate surface area is 922 Å². The third kappa shape index (κ3) is 31.2. The molecule has 0 atom stereocenters. The van der Waals surface area contributed by atoms with Crippen LogP contribution in [0.1, 0.15) is 162 Å². The van der Waals surface area contributed by atoms with Crippen molar-refractivity contribution in [1.29, 1.82) is 0 Å². The first-order valence-corrected chi connectivity index (χ1v) is 53.5. The summed E-state index contributed by atoms with van der Waals surface area (Å²) in [6.07, 6.45) is 38.5. The Morgan fingerprint density at radius 1 is 0.396 bits per heavy atom. The summed E-state index contributed by atoms with van der Waals surface area (Å²) >= 11 is 19.6. The summed E-state index contributed by atoms with van der Waals surface area (Å²) in [6.45, 7) is 29.1. The van der Waals surface area contributed by atoms with Crippen molar-refractivity contribution in [2.24, 2.45) is 11.5 Å². The fourth-order valence-corrected chi connectivity index (χ4v) is 18.8. The van der Waals surface area contributed by atoms with Gasteiger partial charge in [-0.2, -0.15) is 0 Å². The largest absolute Gasteiger partial charge is 0.496 e. The molecule has 0 radical (unpaired) electrons. The molecule has 0 unspecified atom stereocenters. The third-order valence-electron chi connectivity index (χ3n) is 24.3. The van der Waals surface area contributed by atoms with E-state index in [1.54, 1.807) is 101 Å². The summed E-state index contributed by atoms with van der Waals surface area (Å²) in [5.41, 5.74) is 26.0. The van der Waals surface area contributed by atoms with Gasteiger partial charge in [-0.25, -0.2) is 62.7 Å². The highest BCUT2D eigenvalue weighted by Gasteiger charge is 2.52. The van der Waals surface area contributed by atoms with Gasteiger partial charge in [0, 0.05) is 214 Å². The fraction of sp³-hybridized carbons (Fsp3) is 0.333. The molecule has 41 heteroatoms. The first-order valence-electron chi connectivity index (χ1n) is 48.5. The Hall–Kier alpha value is -11.8. The Kier molecular flexibility index (Phi) is 39.4. The summed E-state index contributed by atoms with van der Waals surface area (Å²) in [5, 5.41) is 20.4. The summed E-state index contributed by atoms with van der Waals surface area (Å²) in [7, 11) is -1.96. The van der Waals surface area contributed by atoms with Gasteiger partial charge >= 0.3 is 44.6 Å². The summed E-state index contributed by atoms with van der Waals surface area (Å²) in [4.78, 5) is 115. The van der Waals surface area contributed by atoms with Crippen LogP contribution in [0.3, 0.4) is 0 Å². The maximum absolute atomic E-state index is 13.3. The second kappa shape index (κ2) is 51.3. The molecule has 0 bridgehead atoms. The van der Waals surface area contributed by atoms with Crippen molar-refractivity contribution < 1.29 is 66.3 Å². The standard InChI is InChI=1S/C20H17FN4O.C19H29BN2O4.C18H20BrN3O2.C14H13BrN4O.C13H12BrN3.C13H17BrN2O2.C6H6BFO2.C5H3BrIN/c21-16-5-3-13(4-6-16)17-7-8-23-12-18(17)15-10-14-2-1-9-25(20(22)26)19(14)24-11-15;1-17(2,3)24-16(23)22-10-8-9-13-11-14(12-21-15(13)22)20-25-18(4,5)19(6,7)26-20;1-18(2,3)24-17(23)22-8-4-5-12-9-13(10-21-16(12)22)14-11-20-7-6-15(14)19;15-12-3-4-17-8-11(12)10-6-9-2-1-5-19(14(16)20)13(9)18-7-10;14-12-3-5-15-8-11(12)10-6-9-2-1-4-16-13(9)17-7-10;1-13(2,3)18-12(17)16-6-4-5-9-7-10(14)8-15-11(9)16;8-6-3-1-5(2-4-6)7(9)10;6-4-1-2-8-3-5(4)7/h3-8,10-12H,1-2,9H2,(H2,22,26);11-12H,8-10H2,1-7H3;6-7,9-11H,4-5,8H2,1-3H3;3-4,6-8H,1-2,5H2,(H2,16,20);3,5-8H,1-2,4H2,(H,16,17);7-8H,4-6H2,1-3H3;1-4,9-10H;1-3H. The maximum Gasteiger partial charge on any atom is 0.496 e. The Morgan fingerprint density at radius 3 is 1.11 bits per heavy atom.